The molecule has 0 aliphatic carbocycles. The van der Waals surface area contributed by atoms with Crippen molar-refractivity contribution in [3.63, 3.8) is 0 Å². The summed E-state index contributed by atoms with van der Waals surface area (Å²) in [4.78, 5) is 26.0. The lowest BCUT2D eigenvalue weighted by molar-refractivity contribution is 0.207. The van der Waals surface area contributed by atoms with Crippen LogP contribution >= 0.6 is 23.2 Å². The van der Waals surface area contributed by atoms with E-state index in [2.05, 4.69) is 13.1 Å². The Labute approximate surface area is 109 Å². The summed E-state index contributed by atoms with van der Waals surface area (Å²) in [6, 6.07) is 0. The van der Waals surface area contributed by atoms with Gasteiger partial charge in [0.1, 0.15) is 0 Å². The van der Waals surface area contributed by atoms with Gasteiger partial charge in [-0.05, 0) is 12.5 Å². The monoisotopic (exact) mass is 340 g/mol. The quantitative estimate of drug-likeness (QED) is 0.370. The molecule has 10 nitrogen and oxygen atoms in total. The fourth-order valence-electron chi connectivity index (χ4n) is 0.757. The molecule has 0 aromatic carbocycles. The van der Waals surface area contributed by atoms with Gasteiger partial charge in [-0.25, -0.2) is 17.8 Å². The summed E-state index contributed by atoms with van der Waals surface area (Å²) in [6.45, 7) is 1.41. The van der Waals surface area contributed by atoms with Gasteiger partial charge < -0.3 is 19.8 Å². The molecule has 0 saturated heterocycles. The molecule has 0 bridgehead atoms. The Morgan fingerprint density at radius 2 is 1.68 bits per heavy atom. The first-order valence-electron chi connectivity index (χ1n) is 4.66. The molecule has 0 aliphatic rings. The molecule has 13 heteroatoms. The highest BCUT2D eigenvalue weighted by atomic mass is 31.3. The fourth-order valence-corrected chi connectivity index (χ4v) is 4.64. The number of phosphoric acid groups is 2. The molecule has 2 unspecified atom stereocenters. The Morgan fingerprint density at radius 3 is 2.11 bits per heavy atom. The van der Waals surface area contributed by atoms with E-state index >= 15 is 0 Å². The van der Waals surface area contributed by atoms with E-state index in [0.717, 1.165) is 0 Å². The Kier molecular flexibility index (Phi) is 7.30. The van der Waals surface area contributed by atoms with Crippen molar-refractivity contribution >= 4 is 23.2 Å². The van der Waals surface area contributed by atoms with Crippen molar-refractivity contribution in [2.45, 2.75) is 6.92 Å². The van der Waals surface area contributed by atoms with Crippen LogP contribution in [0.5, 0.6) is 0 Å². The third-order valence-electron chi connectivity index (χ3n) is 1.43. The average molecular weight is 340 g/mol. The fraction of sp³-hybridized carbons (Fsp3) is 0.667. The van der Waals surface area contributed by atoms with E-state index in [9.17, 15) is 13.7 Å². The van der Waals surface area contributed by atoms with Crippen molar-refractivity contribution in [2.24, 2.45) is 0 Å². The molecular weight excluding hydrogens is 325 g/mol. The summed E-state index contributed by atoms with van der Waals surface area (Å²) in [6.07, 6.45) is 1.26. The van der Waals surface area contributed by atoms with Gasteiger partial charge in [-0.2, -0.15) is 0 Å². The third-order valence-corrected chi connectivity index (χ3v) is 5.95. The summed E-state index contributed by atoms with van der Waals surface area (Å²) in [7, 11) is -14.4. The molecule has 0 fully saturated rings. The molecule has 4 N–H and O–H groups in total. The second kappa shape index (κ2) is 7.24. The molecule has 0 heterocycles. The standard InChI is InChI=1S/C6H15O10P3/c1-6(5-7)3-4-14-19(12,13)16-17(2,8)15-18(9,10)11/h3,7H,4-5H2,1-2H3,(H,12,13)(H2,9,10,11)/b6-3+. The molecule has 0 aromatic heterocycles. The van der Waals surface area contributed by atoms with Crippen molar-refractivity contribution in [1.29, 1.82) is 0 Å². The first-order valence-corrected chi connectivity index (χ1v) is 9.68. The minimum absolute atomic E-state index is 0.284. The molecule has 0 aromatic rings. The van der Waals surface area contributed by atoms with Crippen molar-refractivity contribution < 1.29 is 46.6 Å². The summed E-state index contributed by atoms with van der Waals surface area (Å²) in [5.41, 5.74) is 0.450. The summed E-state index contributed by atoms with van der Waals surface area (Å²) in [5, 5.41) is 8.64. The molecule has 0 aliphatic heterocycles. The van der Waals surface area contributed by atoms with Crippen LogP contribution in [-0.2, 0) is 26.8 Å². The molecule has 0 amide bonds. The number of rotatable bonds is 8. The zero-order valence-electron chi connectivity index (χ0n) is 10.1. The predicted molar refractivity (Wildman–Crippen MR) is 64.4 cm³/mol. The highest BCUT2D eigenvalue weighted by Gasteiger charge is 2.37. The summed E-state index contributed by atoms with van der Waals surface area (Å²) < 4.78 is 45.3. The zero-order valence-corrected chi connectivity index (χ0v) is 12.8. The van der Waals surface area contributed by atoms with Crippen LogP contribution in [0.1, 0.15) is 6.92 Å². The first kappa shape index (κ1) is 19.1. The minimum Gasteiger partial charge on any atom is -0.392 e. The van der Waals surface area contributed by atoms with Crippen LogP contribution in [0.25, 0.3) is 0 Å². The molecule has 0 rings (SSSR count). The van der Waals surface area contributed by atoms with E-state index in [-0.39, 0.29) is 6.61 Å². The van der Waals surface area contributed by atoms with Gasteiger partial charge >= 0.3 is 23.2 Å². The molecular formula is C6H15O10P3. The van der Waals surface area contributed by atoms with E-state index in [0.29, 0.717) is 12.2 Å². The van der Waals surface area contributed by atoms with Crippen LogP contribution in [0.3, 0.4) is 0 Å². The highest BCUT2D eigenvalue weighted by Crippen LogP contribution is 2.66. The van der Waals surface area contributed by atoms with Crippen LogP contribution in [0, 0.1) is 0 Å². The third kappa shape index (κ3) is 10.6. The largest absolute Gasteiger partial charge is 0.479 e. The van der Waals surface area contributed by atoms with E-state index in [1.54, 1.807) is 0 Å². The smallest absolute Gasteiger partial charge is 0.392 e. The van der Waals surface area contributed by atoms with Crippen LogP contribution in [0.4, 0.5) is 0 Å². The van der Waals surface area contributed by atoms with Crippen molar-refractivity contribution in [3.05, 3.63) is 11.6 Å². The number of aliphatic hydroxyl groups excluding tert-OH is 1. The minimum atomic E-state index is -5.14. The Bertz CT molecular complexity index is 464. The first-order chi connectivity index (χ1) is 8.37. The highest BCUT2D eigenvalue weighted by molar-refractivity contribution is 7.69. The van der Waals surface area contributed by atoms with Gasteiger partial charge in [0.05, 0.1) is 13.2 Å². The maximum Gasteiger partial charge on any atom is 0.479 e. The molecule has 114 valence electrons. The van der Waals surface area contributed by atoms with Crippen LogP contribution in [0.15, 0.2) is 11.6 Å². The van der Waals surface area contributed by atoms with Gasteiger partial charge in [-0.3, -0.25) is 9.09 Å². The Hall–Kier alpha value is 0.150. The van der Waals surface area contributed by atoms with E-state index in [1.807, 2.05) is 0 Å². The maximum atomic E-state index is 11.4. The molecule has 0 saturated carbocycles. The number of hydrogen-bond acceptors (Lipinski definition) is 7. The van der Waals surface area contributed by atoms with Crippen molar-refractivity contribution in [2.75, 3.05) is 19.9 Å². The lowest BCUT2D eigenvalue weighted by Gasteiger charge is -2.17. The van der Waals surface area contributed by atoms with E-state index in [4.69, 9.17) is 19.8 Å². The Morgan fingerprint density at radius 1 is 1.16 bits per heavy atom. The number of hydrogen-bond donors (Lipinski definition) is 4. The van der Waals surface area contributed by atoms with Gasteiger partial charge in [-0.1, -0.05) is 6.08 Å². The summed E-state index contributed by atoms with van der Waals surface area (Å²) >= 11 is 0. The van der Waals surface area contributed by atoms with Gasteiger partial charge in [0.25, 0.3) is 0 Å². The second-order valence-electron chi connectivity index (χ2n) is 3.40. The predicted octanol–water partition coefficient (Wildman–Crippen LogP) is 0.991. The number of aliphatic hydroxyl groups is 1. The lowest BCUT2D eigenvalue weighted by Crippen LogP contribution is -1.97. The van der Waals surface area contributed by atoms with Gasteiger partial charge in [0.2, 0.25) is 0 Å². The van der Waals surface area contributed by atoms with Gasteiger partial charge in [-0.15, -0.1) is 0 Å². The van der Waals surface area contributed by atoms with Crippen LogP contribution < -0.4 is 0 Å². The zero-order chi connectivity index (χ0) is 15.3. The molecule has 19 heavy (non-hydrogen) atoms. The average Bonchev–Trinajstić information content (AvgIpc) is 2.10. The number of phosphoric ester groups is 1. The molecule has 0 spiro atoms. The van der Waals surface area contributed by atoms with Crippen molar-refractivity contribution in [1.82, 2.24) is 0 Å². The van der Waals surface area contributed by atoms with Gasteiger partial charge in [0, 0.05) is 6.66 Å². The molecule has 2 atom stereocenters. The Balaban J connectivity index is 4.56. The van der Waals surface area contributed by atoms with E-state index < -0.39 is 29.8 Å². The van der Waals surface area contributed by atoms with Crippen LogP contribution in [0.2, 0.25) is 0 Å². The van der Waals surface area contributed by atoms with Crippen molar-refractivity contribution in [3.8, 4) is 0 Å². The normalized spacial score (nSPS) is 19.8. The summed E-state index contributed by atoms with van der Waals surface area (Å²) in [5.74, 6) is 0. The van der Waals surface area contributed by atoms with Gasteiger partial charge in [0.15, 0.2) is 0 Å². The van der Waals surface area contributed by atoms with Crippen LogP contribution in [-0.4, -0.2) is 39.7 Å². The lowest BCUT2D eigenvalue weighted by atomic mass is 10.3. The second-order valence-corrected chi connectivity index (χ2v) is 8.42. The van der Waals surface area contributed by atoms with E-state index in [1.165, 1.54) is 13.0 Å². The topological polar surface area (TPSA) is 160 Å². The molecule has 0 radical (unpaired) electrons. The maximum absolute atomic E-state index is 11.4. The SMILES string of the molecule is C/C(=C\COP(=O)(O)OP(C)(=O)OP(=O)(O)O)CO.